The number of ether oxygens (including phenoxy) is 7. The number of aliphatic hydroxyl groups is 2. The molecule has 0 radical (unpaired) electrons. The van der Waals surface area contributed by atoms with E-state index < -0.39 is 5.79 Å². The van der Waals surface area contributed by atoms with Crippen molar-refractivity contribution in [3.05, 3.63) is 10.4 Å². The Hall–Kier alpha value is -1.71. The average molecular weight is 758 g/mol. The Kier molecular flexibility index (Phi) is 26.5. The van der Waals surface area contributed by atoms with Crippen molar-refractivity contribution in [2.75, 3.05) is 39.6 Å². The van der Waals surface area contributed by atoms with E-state index in [2.05, 4.69) is 30.8 Å². The Bertz CT molecular complexity index is 997. The molecule has 1 unspecified atom stereocenters. The van der Waals surface area contributed by atoms with Crippen LogP contribution < -0.4 is 0 Å². The molecule has 0 aromatic carbocycles. The molecule has 53 heavy (non-hydrogen) atoms. The summed E-state index contributed by atoms with van der Waals surface area (Å²) in [6, 6.07) is 0.0318. The van der Waals surface area contributed by atoms with Crippen LogP contribution in [-0.2, 0) is 42.7 Å². The van der Waals surface area contributed by atoms with Crippen molar-refractivity contribution < 1.29 is 53.0 Å². The number of rotatable bonds is 24. The maximum absolute atomic E-state index is 11.7. The number of azide groups is 1. The molecule has 0 aliphatic carbocycles. The third-order valence-corrected chi connectivity index (χ3v) is 9.70. The fourth-order valence-electron chi connectivity index (χ4n) is 6.83. The molecule has 0 aromatic rings. The van der Waals surface area contributed by atoms with Gasteiger partial charge in [-0.2, -0.15) is 0 Å². The van der Waals surface area contributed by atoms with E-state index in [-0.39, 0.29) is 48.7 Å². The molecule has 4 rings (SSSR count). The number of hydrogen-bond acceptors (Lipinski definition) is 12. The zero-order valence-electron chi connectivity index (χ0n) is 33.0. The SMILES string of the molecule is CCC[C@H](CCCC(=O)CCC1OCCO1)N=[N+]=[N-].CCC[C@H](O)CCCC(=O)CCC1OCCO1.CCC[C@H]1CCCC(O)(CCC2OCCO2)O1. The predicted octanol–water partition coefficient (Wildman–Crippen LogP) is 7.60. The minimum absolute atomic E-state index is 0.0318. The maximum Gasteiger partial charge on any atom is 0.165 e. The fraction of sp³-hybridized carbons (Fsp3) is 0.949. The van der Waals surface area contributed by atoms with Gasteiger partial charge in [-0.1, -0.05) is 45.1 Å². The van der Waals surface area contributed by atoms with Crippen molar-refractivity contribution >= 4 is 11.6 Å². The summed E-state index contributed by atoms with van der Waals surface area (Å²) in [5, 5.41) is 23.7. The number of nitrogens with zero attached hydrogens (tertiary/aromatic N) is 3. The van der Waals surface area contributed by atoms with Gasteiger partial charge in [0.2, 0.25) is 0 Å². The third-order valence-electron chi connectivity index (χ3n) is 9.70. The summed E-state index contributed by atoms with van der Waals surface area (Å²) in [6.45, 7) is 10.1. The second kappa shape index (κ2) is 29.6. The van der Waals surface area contributed by atoms with Gasteiger partial charge in [-0.15, -0.1) is 0 Å². The number of hydrogen-bond donors (Lipinski definition) is 2. The van der Waals surface area contributed by atoms with Crippen molar-refractivity contribution in [1.29, 1.82) is 0 Å². The Morgan fingerprint density at radius 1 is 0.717 bits per heavy atom. The predicted molar refractivity (Wildman–Crippen MR) is 200 cm³/mol. The smallest absolute Gasteiger partial charge is 0.165 e. The van der Waals surface area contributed by atoms with E-state index in [4.69, 9.17) is 38.7 Å². The van der Waals surface area contributed by atoms with Gasteiger partial charge < -0.3 is 43.4 Å². The quantitative estimate of drug-likeness (QED) is 0.0561. The molecule has 0 bridgehead atoms. The van der Waals surface area contributed by atoms with Gasteiger partial charge in [0, 0.05) is 68.7 Å². The van der Waals surface area contributed by atoms with Gasteiger partial charge in [-0.3, -0.25) is 9.59 Å². The molecule has 4 atom stereocenters. The minimum atomic E-state index is -0.951. The molecule has 4 heterocycles. The summed E-state index contributed by atoms with van der Waals surface area (Å²) in [6.07, 6.45) is 16.1. The Morgan fingerprint density at radius 3 is 1.72 bits per heavy atom. The van der Waals surface area contributed by atoms with Crippen LogP contribution >= 0.6 is 0 Å². The van der Waals surface area contributed by atoms with Gasteiger partial charge in [-0.25, -0.2) is 0 Å². The molecule has 14 heteroatoms. The van der Waals surface area contributed by atoms with Crippen molar-refractivity contribution in [2.45, 2.75) is 199 Å². The van der Waals surface area contributed by atoms with Crippen LogP contribution in [0.4, 0.5) is 0 Å². The van der Waals surface area contributed by atoms with E-state index in [1.807, 2.05) is 0 Å². The Balaban J connectivity index is 0.000000276. The highest BCUT2D eigenvalue weighted by molar-refractivity contribution is 5.78. The van der Waals surface area contributed by atoms with Gasteiger partial charge in [0.25, 0.3) is 0 Å². The lowest BCUT2D eigenvalue weighted by atomic mass is 9.95. The van der Waals surface area contributed by atoms with Crippen molar-refractivity contribution in [3.63, 3.8) is 0 Å². The van der Waals surface area contributed by atoms with E-state index in [1.54, 1.807) is 0 Å². The number of aliphatic hydroxyl groups excluding tert-OH is 1. The molecule has 0 amide bonds. The van der Waals surface area contributed by atoms with Crippen LogP contribution in [0.3, 0.4) is 0 Å². The molecular weight excluding hydrogens is 686 g/mol. The molecule has 4 aliphatic heterocycles. The van der Waals surface area contributed by atoms with Gasteiger partial charge >= 0.3 is 0 Å². The zero-order valence-corrected chi connectivity index (χ0v) is 33.0. The number of ketones is 2. The highest BCUT2D eigenvalue weighted by Gasteiger charge is 2.35. The van der Waals surface area contributed by atoms with Crippen LogP contribution in [0, 0.1) is 0 Å². The Labute approximate surface area is 317 Å². The van der Waals surface area contributed by atoms with Gasteiger partial charge in [-0.05, 0) is 63.3 Å². The average Bonchev–Trinajstić information content (AvgIpc) is 3.96. The van der Waals surface area contributed by atoms with Crippen LogP contribution in [0.25, 0.3) is 10.4 Å². The molecule has 0 spiro atoms. The first-order valence-corrected chi connectivity index (χ1v) is 20.6. The van der Waals surface area contributed by atoms with Crippen LogP contribution in [0.2, 0.25) is 0 Å². The Morgan fingerprint density at radius 2 is 1.23 bits per heavy atom. The molecule has 2 N–H and O–H groups in total. The minimum Gasteiger partial charge on any atom is -0.393 e. The van der Waals surface area contributed by atoms with E-state index in [0.717, 1.165) is 89.9 Å². The first-order chi connectivity index (χ1) is 25.7. The first kappa shape index (κ1) is 47.4. The van der Waals surface area contributed by atoms with Crippen LogP contribution in [-0.4, -0.2) is 104 Å². The van der Waals surface area contributed by atoms with Crippen LogP contribution in [0.1, 0.15) is 156 Å². The van der Waals surface area contributed by atoms with E-state index >= 15 is 0 Å². The maximum atomic E-state index is 11.7. The highest BCUT2D eigenvalue weighted by atomic mass is 16.7. The summed E-state index contributed by atoms with van der Waals surface area (Å²) in [7, 11) is 0. The second-order valence-electron chi connectivity index (χ2n) is 14.4. The van der Waals surface area contributed by atoms with Crippen molar-refractivity contribution in [1.82, 2.24) is 0 Å². The van der Waals surface area contributed by atoms with Crippen LogP contribution in [0.15, 0.2) is 5.11 Å². The molecule has 0 aromatic heterocycles. The fourth-order valence-corrected chi connectivity index (χ4v) is 6.83. The lowest BCUT2D eigenvalue weighted by molar-refractivity contribution is -0.262. The molecule has 4 fully saturated rings. The topological polar surface area (TPSA) is 188 Å². The molecular formula is C39H71N3O11. The first-order valence-electron chi connectivity index (χ1n) is 20.6. The summed E-state index contributed by atoms with van der Waals surface area (Å²) in [4.78, 5) is 26.1. The van der Waals surface area contributed by atoms with Crippen molar-refractivity contribution in [2.24, 2.45) is 5.11 Å². The standard InChI is InChI=1S/C13H23N3O3.2C13H24O4/c1-2-4-11(15-16-14)5-3-6-12(17)7-8-13-18-9-10-19-13;1-2-4-11-5-3-7-13(14,17-11)8-6-12-15-9-10-16-12;1-2-4-11(14)5-3-6-12(15)7-8-13-16-9-10-17-13/h11,13H,2-10H2,1H3;11-12,14H,2-10H2,1H3;11,13-14H,2-10H2,1H3/t11-;11-,13?;11-/m100/s1. The molecule has 0 saturated carbocycles. The molecule has 14 nitrogen and oxygen atoms in total. The molecule has 308 valence electrons. The van der Waals surface area contributed by atoms with E-state index in [1.165, 1.54) is 0 Å². The van der Waals surface area contributed by atoms with Gasteiger partial charge in [0.05, 0.1) is 51.8 Å². The molecule has 4 aliphatic rings. The number of carbonyl (C=O) groups is 2. The summed E-state index contributed by atoms with van der Waals surface area (Å²) < 4.78 is 37.7. The second-order valence-corrected chi connectivity index (χ2v) is 14.4. The zero-order chi connectivity index (χ0) is 38.6. The highest BCUT2D eigenvalue weighted by Crippen LogP contribution is 2.33. The lowest BCUT2D eigenvalue weighted by Crippen LogP contribution is -2.41. The summed E-state index contributed by atoms with van der Waals surface area (Å²) >= 11 is 0. The summed E-state index contributed by atoms with van der Waals surface area (Å²) in [5.41, 5.74) is 8.44. The lowest BCUT2D eigenvalue weighted by Gasteiger charge is -2.37. The van der Waals surface area contributed by atoms with Gasteiger partial charge in [0.1, 0.15) is 11.6 Å². The van der Waals surface area contributed by atoms with Crippen LogP contribution in [0.5, 0.6) is 0 Å². The third kappa shape index (κ3) is 23.1. The van der Waals surface area contributed by atoms with Gasteiger partial charge in [0.15, 0.2) is 24.7 Å². The monoisotopic (exact) mass is 758 g/mol. The number of carbonyl (C=O) groups excluding carboxylic acids is 2. The van der Waals surface area contributed by atoms with Crippen molar-refractivity contribution in [3.8, 4) is 0 Å². The normalized spacial score (nSPS) is 23.4. The van der Waals surface area contributed by atoms with E-state index in [0.29, 0.717) is 84.6 Å². The number of Topliss-reactive ketones (excluding diaryl/α,β-unsaturated/α-hetero) is 2. The largest absolute Gasteiger partial charge is 0.393 e. The molecule has 4 saturated heterocycles. The summed E-state index contributed by atoms with van der Waals surface area (Å²) in [5.74, 6) is -0.476. The van der Waals surface area contributed by atoms with E-state index in [9.17, 15) is 19.8 Å².